The second-order valence-corrected chi connectivity index (χ2v) is 7.94. The lowest BCUT2D eigenvalue weighted by Gasteiger charge is -2.25. The number of carboxylic acids is 1. The zero-order chi connectivity index (χ0) is 20.7. The van der Waals surface area contributed by atoms with Crippen molar-refractivity contribution in [3.63, 3.8) is 0 Å². The van der Waals surface area contributed by atoms with Crippen molar-refractivity contribution in [3.8, 4) is 5.75 Å². The molecule has 1 aliphatic carbocycles. The standard InChI is InChI=1S/C21H26FN3O4/c1-23-7-5-12-6-8-24(10-12)18-16(22)9-14-17(20(18)29-2)25(13-3-4-13)11-15(19(14)26)21(27)28/h9,11-13,23H,3-8,10H2,1-2H3,(H,27,28)/t12-/m1/s1. The van der Waals surface area contributed by atoms with E-state index in [-0.39, 0.29) is 17.0 Å². The lowest BCUT2D eigenvalue weighted by molar-refractivity contribution is 0.0695. The third-order valence-corrected chi connectivity index (χ3v) is 5.98. The van der Waals surface area contributed by atoms with E-state index in [4.69, 9.17) is 4.74 Å². The summed E-state index contributed by atoms with van der Waals surface area (Å²) >= 11 is 0. The van der Waals surface area contributed by atoms with Crippen LogP contribution in [0.5, 0.6) is 5.75 Å². The Hall–Kier alpha value is -2.61. The molecule has 29 heavy (non-hydrogen) atoms. The van der Waals surface area contributed by atoms with Gasteiger partial charge in [0.05, 0.1) is 18.0 Å². The number of nitrogens with zero attached hydrogens (tertiary/aromatic N) is 2. The van der Waals surface area contributed by atoms with Gasteiger partial charge in [-0.1, -0.05) is 0 Å². The van der Waals surface area contributed by atoms with Crippen molar-refractivity contribution in [3.05, 3.63) is 33.9 Å². The average molecular weight is 403 g/mol. The first-order valence-electron chi connectivity index (χ1n) is 10.0. The molecular weight excluding hydrogens is 377 g/mol. The predicted molar refractivity (Wildman–Crippen MR) is 109 cm³/mol. The van der Waals surface area contributed by atoms with Gasteiger partial charge in [-0.3, -0.25) is 4.79 Å². The van der Waals surface area contributed by atoms with Gasteiger partial charge < -0.3 is 24.6 Å². The molecule has 1 aromatic heterocycles. The van der Waals surface area contributed by atoms with E-state index in [9.17, 15) is 14.7 Å². The Kier molecular flexibility index (Phi) is 5.21. The number of hydrogen-bond acceptors (Lipinski definition) is 5. The van der Waals surface area contributed by atoms with Gasteiger partial charge in [-0.2, -0.15) is 0 Å². The number of halogens is 1. The number of aromatic nitrogens is 1. The lowest BCUT2D eigenvalue weighted by Crippen LogP contribution is -2.24. The summed E-state index contributed by atoms with van der Waals surface area (Å²) in [4.78, 5) is 26.3. The Morgan fingerprint density at radius 3 is 2.76 bits per heavy atom. The van der Waals surface area contributed by atoms with Crippen LogP contribution >= 0.6 is 0 Å². The molecule has 0 unspecified atom stereocenters. The number of benzene rings is 1. The van der Waals surface area contributed by atoms with Crippen LogP contribution in [-0.2, 0) is 0 Å². The molecule has 1 saturated carbocycles. The minimum atomic E-state index is -1.30. The second kappa shape index (κ2) is 7.67. The first kappa shape index (κ1) is 19.7. The number of hydrogen-bond donors (Lipinski definition) is 2. The van der Waals surface area contributed by atoms with E-state index in [1.165, 1.54) is 19.4 Å². The zero-order valence-electron chi connectivity index (χ0n) is 16.7. The summed E-state index contributed by atoms with van der Waals surface area (Å²) in [6.07, 6.45) is 5.15. The largest absolute Gasteiger partial charge is 0.492 e. The summed E-state index contributed by atoms with van der Waals surface area (Å²) in [5, 5.41) is 12.6. The second-order valence-electron chi connectivity index (χ2n) is 7.94. The predicted octanol–water partition coefficient (Wildman–Crippen LogP) is 2.62. The van der Waals surface area contributed by atoms with Gasteiger partial charge in [0.25, 0.3) is 0 Å². The van der Waals surface area contributed by atoms with Crippen LogP contribution in [0, 0.1) is 11.7 Å². The van der Waals surface area contributed by atoms with Crippen LogP contribution in [0.15, 0.2) is 17.1 Å². The van der Waals surface area contributed by atoms with Gasteiger partial charge in [0, 0.05) is 25.3 Å². The third kappa shape index (κ3) is 3.46. The van der Waals surface area contributed by atoms with Crippen LogP contribution in [0.1, 0.15) is 42.1 Å². The molecule has 7 nitrogen and oxygen atoms in total. The summed E-state index contributed by atoms with van der Waals surface area (Å²) in [6.45, 7) is 2.35. The topological polar surface area (TPSA) is 83.8 Å². The number of pyridine rings is 1. The molecule has 1 atom stereocenters. The fraction of sp³-hybridized carbons (Fsp3) is 0.524. The molecule has 0 spiro atoms. The van der Waals surface area contributed by atoms with Crippen molar-refractivity contribution in [1.29, 1.82) is 0 Å². The monoisotopic (exact) mass is 403 g/mol. The molecule has 0 bridgehead atoms. The minimum absolute atomic E-state index is 0.0563. The van der Waals surface area contributed by atoms with Crippen LogP contribution in [0.4, 0.5) is 10.1 Å². The minimum Gasteiger partial charge on any atom is -0.492 e. The van der Waals surface area contributed by atoms with Crippen molar-refractivity contribution < 1.29 is 19.0 Å². The quantitative estimate of drug-likeness (QED) is 0.740. The number of methoxy groups -OCH3 is 1. The maximum atomic E-state index is 15.2. The molecule has 2 heterocycles. The summed E-state index contributed by atoms with van der Waals surface area (Å²) in [7, 11) is 3.39. The maximum Gasteiger partial charge on any atom is 0.341 e. The number of carboxylic acid groups (broad SMARTS) is 1. The summed E-state index contributed by atoms with van der Waals surface area (Å²) < 4.78 is 22.7. The van der Waals surface area contributed by atoms with E-state index < -0.39 is 17.2 Å². The Bertz CT molecular complexity index is 1020. The van der Waals surface area contributed by atoms with E-state index in [1.54, 1.807) is 4.57 Å². The third-order valence-electron chi connectivity index (χ3n) is 5.98. The lowest BCUT2D eigenvalue weighted by atomic mass is 10.1. The number of nitrogens with one attached hydrogen (secondary N) is 1. The van der Waals surface area contributed by atoms with Crippen molar-refractivity contribution >= 4 is 22.6 Å². The van der Waals surface area contributed by atoms with Crippen molar-refractivity contribution in [1.82, 2.24) is 9.88 Å². The van der Waals surface area contributed by atoms with Gasteiger partial charge in [0.2, 0.25) is 5.43 Å². The number of ether oxygens (including phenoxy) is 1. The average Bonchev–Trinajstić information content (AvgIpc) is 3.44. The molecule has 1 saturated heterocycles. The first-order valence-corrected chi connectivity index (χ1v) is 10.0. The molecule has 2 aromatic rings. The highest BCUT2D eigenvalue weighted by atomic mass is 19.1. The van der Waals surface area contributed by atoms with E-state index in [0.29, 0.717) is 29.4 Å². The van der Waals surface area contributed by atoms with Crippen LogP contribution < -0.4 is 20.4 Å². The van der Waals surface area contributed by atoms with Gasteiger partial charge in [-0.25, -0.2) is 9.18 Å². The number of rotatable bonds is 7. The Morgan fingerprint density at radius 1 is 1.38 bits per heavy atom. The zero-order valence-corrected chi connectivity index (χ0v) is 16.7. The molecule has 2 N–H and O–H groups in total. The molecule has 0 radical (unpaired) electrons. The molecule has 4 rings (SSSR count). The smallest absolute Gasteiger partial charge is 0.341 e. The van der Waals surface area contributed by atoms with E-state index in [2.05, 4.69) is 5.32 Å². The first-order chi connectivity index (χ1) is 14.0. The number of aromatic carboxylic acids is 1. The van der Waals surface area contributed by atoms with Gasteiger partial charge >= 0.3 is 5.97 Å². The molecule has 2 aliphatic rings. The number of anilines is 1. The highest BCUT2D eigenvalue weighted by molar-refractivity contribution is 5.97. The van der Waals surface area contributed by atoms with Gasteiger partial charge in [-0.15, -0.1) is 0 Å². The summed E-state index contributed by atoms with van der Waals surface area (Å²) in [5.41, 5.74) is -0.169. The Morgan fingerprint density at radius 2 is 2.14 bits per heavy atom. The van der Waals surface area contributed by atoms with E-state index in [1.807, 2.05) is 11.9 Å². The molecule has 8 heteroatoms. The van der Waals surface area contributed by atoms with Gasteiger partial charge in [0.15, 0.2) is 11.6 Å². The molecule has 0 amide bonds. The normalized spacial score (nSPS) is 19.1. The van der Waals surface area contributed by atoms with E-state index in [0.717, 1.165) is 38.8 Å². The van der Waals surface area contributed by atoms with Crippen molar-refractivity contribution in [2.45, 2.75) is 31.7 Å². The Labute approximate surface area is 168 Å². The fourth-order valence-electron chi connectivity index (χ4n) is 4.34. The van der Waals surface area contributed by atoms with Crippen LogP contribution in [0.25, 0.3) is 10.9 Å². The van der Waals surface area contributed by atoms with Gasteiger partial charge in [-0.05, 0) is 51.3 Å². The van der Waals surface area contributed by atoms with Crippen LogP contribution in [0.2, 0.25) is 0 Å². The molecular formula is C21H26FN3O4. The molecule has 2 fully saturated rings. The molecule has 1 aromatic carbocycles. The van der Waals surface area contributed by atoms with Gasteiger partial charge in [0.1, 0.15) is 11.3 Å². The number of carbonyl (C=O) groups is 1. The number of fused-ring (bicyclic) bond motifs is 1. The van der Waals surface area contributed by atoms with Crippen molar-refractivity contribution in [2.24, 2.45) is 5.92 Å². The molecule has 156 valence electrons. The van der Waals surface area contributed by atoms with E-state index >= 15 is 4.39 Å². The molecule has 1 aliphatic heterocycles. The summed E-state index contributed by atoms with van der Waals surface area (Å²) in [6, 6.07) is 1.28. The SMILES string of the molecule is CNCC[C@@H]1CCN(c2c(F)cc3c(=O)c(C(=O)O)cn(C4CC4)c3c2OC)C1. The Balaban J connectivity index is 1.88. The maximum absolute atomic E-state index is 15.2. The van der Waals surface area contributed by atoms with Crippen molar-refractivity contribution in [2.75, 3.05) is 38.7 Å². The fourth-order valence-corrected chi connectivity index (χ4v) is 4.34. The summed E-state index contributed by atoms with van der Waals surface area (Å²) in [5.74, 6) is -1.08. The van der Waals surface area contributed by atoms with Crippen LogP contribution in [-0.4, -0.2) is 49.4 Å². The highest BCUT2D eigenvalue weighted by Crippen LogP contribution is 2.44. The highest BCUT2D eigenvalue weighted by Gasteiger charge is 2.33. The van der Waals surface area contributed by atoms with Crippen LogP contribution in [0.3, 0.4) is 0 Å².